The van der Waals surface area contributed by atoms with Crippen LogP contribution >= 0.6 is 11.3 Å². The zero-order chi connectivity index (χ0) is 18.4. The van der Waals surface area contributed by atoms with Crippen molar-refractivity contribution in [3.05, 3.63) is 54.1 Å². The molecule has 0 radical (unpaired) electrons. The van der Waals surface area contributed by atoms with Gasteiger partial charge in [0.15, 0.2) is 5.13 Å². The summed E-state index contributed by atoms with van der Waals surface area (Å²) in [7, 11) is 0. The fraction of sp³-hybridized carbons (Fsp3) is 0.238. The van der Waals surface area contributed by atoms with Gasteiger partial charge >= 0.3 is 0 Å². The molecule has 1 aliphatic carbocycles. The van der Waals surface area contributed by atoms with E-state index in [-0.39, 0.29) is 5.91 Å². The molecule has 132 valence electrons. The number of carbonyl (C=O) groups is 1. The maximum atomic E-state index is 13.0. The Labute approximate surface area is 155 Å². The van der Waals surface area contributed by atoms with E-state index in [1.165, 1.54) is 16.9 Å². The Morgan fingerprint density at radius 3 is 2.77 bits per heavy atom. The van der Waals surface area contributed by atoms with Crippen molar-refractivity contribution in [1.82, 2.24) is 4.98 Å². The summed E-state index contributed by atoms with van der Waals surface area (Å²) in [6.45, 7) is 8.10. The quantitative estimate of drug-likeness (QED) is 0.653. The van der Waals surface area contributed by atoms with E-state index in [4.69, 9.17) is 0 Å². The van der Waals surface area contributed by atoms with Gasteiger partial charge in [-0.15, -0.1) is 0 Å². The molecule has 0 saturated heterocycles. The summed E-state index contributed by atoms with van der Waals surface area (Å²) < 4.78 is 14.0. The van der Waals surface area contributed by atoms with Crippen molar-refractivity contribution in [1.29, 1.82) is 0 Å². The summed E-state index contributed by atoms with van der Waals surface area (Å²) >= 11 is 1.41. The standard InChI is InChI=1S/C21H19FN2OS/c1-11(2)13-5-4-12(3)15(8-13)14-6-7-18-19(9-14)26-21(23-18)24-20(25)16-10-17(16)22/h4-9,16-17H,1,10H2,2-3H3,(H,23,24,25)/t16-,17+/m1/s1. The van der Waals surface area contributed by atoms with E-state index < -0.39 is 12.1 Å². The number of fused-ring (bicyclic) bond motifs is 1. The van der Waals surface area contributed by atoms with Crippen LogP contribution in [-0.4, -0.2) is 17.1 Å². The number of halogens is 1. The Hall–Kier alpha value is -2.53. The van der Waals surface area contributed by atoms with E-state index in [1.807, 2.05) is 19.1 Å². The SMILES string of the molecule is C=C(C)c1ccc(C)c(-c2ccc3nc(NC(=O)[C@@H]4C[C@@H]4F)sc3c2)c1. The van der Waals surface area contributed by atoms with Crippen molar-refractivity contribution in [2.24, 2.45) is 5.92 Å². The van der Waals surface area contributed by atoms with Crippen LogP contribution in [0.4, 0.5) is 9.52 Å². The molecule has 3 aromatic rings. The normalized spacial score (nSPS) is 18.7. The van der Waals surface area contributed by atoms with Crippen LogP contribution in [0.15, 0.2) is 43.0 Å². The highest BCUT2D eigenvalue weighted by Crippen LogP contribution is 2.36. The van der Waals surface area contributed by atoms with Crippen LogP contribution in [0.3, 0.4) is 0 Å². The van der Waals surface area contributed by atoms with Gasteiger partial charge in [0.1, 0.15) is 6.17 Å². The van der Waals surface area contributed by atoms with Gasteiger partial charge in [0.2, 0.25) is 5.91 Å². The van der Waals surface area contributed by atoms with E-state index in [9.17, 15) is 9.18 Å². The summed E-state index contributed by atoms with van der Waals surface area (Å²) in [5.74, 6) is -0.785. The molecule has 3 nitrogen and oxygen atoms in total. The number of aryl methyl sites for hydroxylation is 1. The lowest BCUT2D eigenvalue weighted by Gasteiger charge is -2.09. The van der Waals surface area contributed by atoms with Crippen molar-refractivity contribution >= 4 is 38.2 Å². The number of carbonyl (C=O) groups excluding carboxylic acids is 1. The van der Waals surface area contributed by atoms with Gasteiger partial charge in [0.05, 0.1) is 16.1 Å². The molecule has 2 atom stereocenters. The molecule has 1 amide bonds. The number of anilines is 1. The minimum absolute atomic E-state index is 0.276. The highest BCUT2D eigenvalue weighted by atomic mass is 32.1. The highest BCUT2D eigenvalue weighted by molar-refractivity contribution is 7.22. The molecular weight excluding hydrogens is 347 g/mol. The smallest absolute Gasteiger partial charge is 0.232 e. The van der Waals surface area contributed by atoms with Gasteiger partial charge in [-0.2, -0.15) is 0 Å². The number of allylic oxidation sites excluding steroid dienone is 1. The van der Waals surface area contributed by atoms with E-state index in [0.717, 1.165) is 32.5 Å². The van der Waals surface area contributed by atoms with Gasteiger partial charge in [-0.05, 0) is 60.7 Å². The molecule has 1 N–H and O–H groups in total. The molecule has 1 heterocycles. The monoisotopic (exact) mass is 366 g/mol. The Balaban J connectivity index is 1.66. The topological polar surface area (TPSA) is 42.0 Å². The van der Waals surface area contributed by atoms with E-state index in [2.05, 4.69) is 48.1 Å². The van der Waals surface area contributed by atoms with Crippen LogP contribution in [0.5, 0.6) is 0 Å². The maximum Gasteiger partial charge on any atom is 0.232 e. The fourth-order valence-electron chi connectivity index (χ4n) is 2.98. The number of hydrogen-bond donors (Lipinski definition) is 1. The van der Waals surface area contributed by atoms with Crippen LogP contribution in [0.1, 0.15) is 24.5 Å². The predicted molar refractivity (Wildman–Crippen MR) is 106 cm³/mol. The Bertz CT molecular complexity index is 1040. The lowest BCUT2D eigenvalue weighted by molar-refractivity contribution is -0.117. The van der Waals surface area contributed by atoms with Crippen molar-refractivity contribution in [2.75, 3.05) is 5.32 Å². The van der Waals surface area contributed by atoms with Gasteiger partial charge in [-0.25, -0.2) is 9.37 Å². The minimum Gasteiger partial charge on any atom is -0.302 e. The first-order valence-corrected chi connectivity index (χ1v) is 9.36. The Morgan fingerprint density at radius 2 is 2.08 bits per heavy atom. The molecule has 0 aliphatic heterocycles. The molecule has 0 bridgehead atoms. The molecule has 0 unspecified atom stereocenters. The third-order valence-corrected chi connectivity index (χ3v) is 5.64. The van der Waals surface area contributed by atoms with E-state index in [0.29, 0.717) is 11.6 Å². The molecule has 4 rings (SSSR count). The first-order valence-electron chi connectivity index (χ1n) is 8.55. The second kappa shape index (κ2) is 6.32. The largest absolute Gasteiger partial charge is 0.302 e. The van der Waals surface area contributed by atoms with Gasteiger partial charge in [0, 0.05) is 0 Å². The van der Waals surface area contributed by atoms with Crippen LogP contribution in [-0.2, 0) is 4.79 Å². The number of benzene rings is 2. The molecule has 1 fully saturated rings. The third-order valence-electron chi connectivity index (χ3n) is 4.71. The molecule has 1 aliphatic rings. The highest BCUT2D eigenvalue weighted by Gasteiger charge is 2.43. The van der Waals surface area contributed by atoms with Crippen molar-refractivity contribution in [3.8, 4) is 11.1 Å². The van der Waals surface area contributed by atoms with Gasteiger partial charge in [0.25, 0.3) is 0 Å². The van der Waals surface area contributed by atoms with Gasteiger partial charge in [-0.1, -0.05) is 41.7 Å². The predicted octanol–water partition coefficient (Wildman–Crippen LogP) is 5.60. The zero-order valence-electron chi connectivity index (χ0n) is 14.7. The van der Waals surface area contributed by atoms with Gasteiger partial charge < -0.3 is 5.32 Å². The zero-order valence-corrected chi connectivity index (χ0v) is 15.5. The average molecular weight is 366 g/mol. The molecule has 2 aromatic carbocycles. The lowest BCUT2D eigenvalue weighted by atomic mass is 9.96. The van der Waals surface area contributed by atoms with Crippen molar-refractivity contribution in [3.63, 3.8) is 0 Å². The number of aromatic nitrogens is 1. The number of amides is 1. The van der Waals surface area contributed by atoms with Gasteiger partial charge in [-0.3, -0.25) is 4.79 Å². The summed E-state index contributed by atoms with van der Waals surface area (Å²) in [6.07, 6.45) is -0.682. The second-order valence-corrected chi connectivity index (χ2v) is 7.89. The van der Waals surface area contributed by atoms with Crippen LogP contribution < -0.4 is 5.32 Å². The fourth-order valence-corrected chi connectivity index (χ4v) is 3.89. The van der Waals surface area contributed by atoms with E-state index in [1.54, 1.807) is 0 Å². The minimum atomic E-state index is -1.00. The first kappa shape index (κ1) is 16.9. The second-order valence-electron chi connectivity index (χ2n) is 6.86. The van der Waals surface area contributed by atoms with Crippen molar-refractivity contribution < 1.29 is 9.18 Å². The number of hydrogen-bond acceptors (Lipinski definition) is 3. The summed E-state index contributed by atoms with van der Waals surface area (Å²) in [6, 6.07) is 12.4. The number of thiazole rings is 1. The summed E-state index contributed by atoms with van der Waals surface area (Å²) in [5, 5.41) is 3.26. The first-order chi connectivity index (χ1) is 12.4. The number of nitrogens with zero attached hydrogens (tertiary/aromatic N) is 1. The van der Waals surface area contributed by atoms with Crippen molar-refractivity contribution in [2.45, 2.75) is 26.4 Å². The molecule has 0 spiro atoms. The van der Waals surface area contributed by atoms with E-state index >= 15 is 0 Å². The summed E-state index contributed by atoms with van der Waals surface area (Å²) in [4.78, 5) is 16.3. The maximum absolute atomic E-state index is 13.0. The molecule has 5 heteroatoms. The molecule has 1 saturated carbocycles. The molecular formula is C21H19FN2OS. The number of alkyl halides is 1. The van der Waals surface area contributed by atoms with Crippen LogP contribution in [0.2, 0.25) is 0 Å². The van der Waals surface area contributed by atoms with Crippen LogP contribution in [0, 0.1) is 12.8 Å². The Morgan fingerprint density at radius 1 is 1.31 bits per heavy atom. The lowest BCUT2D eigenvalue weighted by Crippen LogP contribution is -2.14. The Kier molecular flexibility index (Phi) is 4.11. The third kappa shape index (κ3) is 3.15. The molecule has 26 heavy (non-hydrogen) atoms. The number of nitrogens with one attached hydrogen (secondary N) is 1. The molecule has 1 aromatic heterocycles. The average Bonchev–Trinajstić information content (AvgIpc) is 3.20. The summed E-state index contributed by atoms with van der Waals surface area (Å²) in [5.41, 5.74) is 6.43. The van der Waals surface area contributed by atoms with Crippen LogP contribution in [0.25, 0.3) is 26.9 Å². The number of rotatable bonds is 4.